The summed E-state index contributed by atoms with van der Waals surface area (Å²) in [6.07, 6.45) is 2.29. The molecule has 2 aliphatic rings. The van der Waals surface area contributed by atoms with Crippen LogP contribution < -0.4 is 21.7 Å². The molecule has 0 radical (unpaired) electrons. The van der Waals surface area contributed by atoms with Crippen molar-refractivity contribution >= 4 is 58.3 Å². The molecule has 2 fully saturated rings. The van der Waals surface area contributed by atoms with Crippen LogP contribution in [0, 0.1) is 0 Å². The molecule has 2 heterocycles. The van der Waals surface area contributed by atoms with Crippen molar-refractivity contribution in [3.8, 4) is 0 Å². The van der Waals surface area contributed by atoms with Crippen molar-refractivity contribution in [2.45, 2.75) is 12.8 Å². The van der Waals surface area contributed by atoms with E-state index in [0.717, 1.165) is 39.0 Å². The maximum absolute atomic E-state index is 8.50. The molecule has 0 spiro atoms. The number of thiocarbonyl (C=S) groups is 2. The second-order valence-electron chi connectivity index (χ2n) is 3.69. The van der Waals surface area contributed by atoms with Gasteiger partial charge in [0.2, 0.25) is 0 Å². The van der Waals surface area contributed by atoms with E-state index in [1.165, 1.54) is 0 Å². The summed E-state index contributed by atoms with van der Waals surface area (Å²) >= 11 is 16.6. The third-order valence-electron chi connectivity index (χ3n) is 2.17. The molecule has 0 amide bonds. The van der Waals surface area contributed by atoms with E-state index in [9.17, 15) is 0 Å². The van der Waals surface area contributed by atoms with Crippen LogP contribution in [0.3, 0.4) is 0 Å². The molecular weight excluding hydrogens is 436 g/mol. The van der Waals surface area contributed by atoms with E-state index in [0.29, 0.717) is 8.64 Å². The topological polar surface area (TPSA) is 88.7 Å². The molecular formula is C8H16MoN6O2S4. The van der Waals surface area contributed by atoms with Gasteiger partial charge in [0.05, 0.1) is 0 Å². The maximum atomic E-state index is 8.50. The van der Waals surface area contributed by atoms with Crippen molar-refractivity contribution in [2.24, 2.45) is 0 Å². The minimum atomic E-state index is -2.03. The predicted molar refractivity (Wildman–Crippen MR) is 86.2 cm³/mol. The van der Waals surface area contributed by atoms with Gasteiger partial charge in [-0.05, 0) is 21.5 Å². The van der Waals surface area contributed by atoms with Gasteiger partial charge in [-0.15, -0.1) is 0 Å². The van der Waals surface area contributed by atoms with Gasteiger partial charge in [0.15, 0.2) is 0 Å². The van der Waals surface area contributed by atoms with Crippen LogP contribution in [0.5, 0.6) is 0 Å². The van der Waals surface area contributed by atoms with Crippen molar-refractivity contribution < 1.29 is 25.3 Å². The average molecular weight is 452 g/mol. The summed E-state index contributed by atoms with van der Waals surface area (Å²) in [5, 5.41) is 3.63. The van der Waals surface area contributed by atoms with Gasteiger partial charge >= 0.3 is 25.3 Å². The van der Waals surface area contributed by atoms with E-state index < -0.39 is 18.5 Å². The first kappa shape index (κ1) is 21.3. The standard InChI is InChI=1S/2C4H9N3S2.Mo.2O/c2*8-4(9)6-7-3-1-2-5-7;;;/h2*5H,1-3H2,(H2,6,8,9);;;/q;;+2;;/p-2. The monoisotopic (exact) mass is 454 g/mol. The van der Waals surface area contributed by atoms with Crippen LogP contribution in [-0.2, 0) is 50.5 Å². The van der Waals surface area contributed by atoms with Crippen molar-refractivity contribution in [1.82, 2.24) is 31.9 Å². The van der Waals surface area contributed by atoms with Crippen LogP contribution >= 0.6 is 24.4 Å². The third-order valence-corrected chi connectivity index (χ3v) is 2.54. The molecule has 2 aliphatic heterocycles. The quantitative estimate of drug-likeness (QED) is 0.231. The summed E-state index contributed by atoms with van der Waals surface area (Å²) in [6.45, 7) is 3.95. The van der Waals surface area contributed by atoms with E-state index in [4.69, 9.17) is 6.80 Å². The van der Waals surface area contributed by atoms with E-state index >= 15 is 0 Å². The Bertz CT molecular complexity index is 331. The molecule has 0 aromatic carbocycles. The van der Waals surface area contributed by atoms with Crippen LogP contribution in [0.15, 0.2) is 0 Å². The van der Waals surface area contributed by atoms with Crippen molar-refractivity contribution in [3.05, 3.63) is 0 Å². The van der Waals surface area contributed by atoms with Gasteiger partial charge in [-0.3, -0.25) is 0 Å². The summed E-state index contributed by atoms with van der Waals surface area (Å²) in [5.74, 6) is 0. The molecule has 0 aromatic rings. The molecule has 0 unspecified atom stereocenters. The first-order valence-electron chi connectivity index (χ1n) is 5.88. The van der Waals surface area contributed by atoms with Gasteiger partial charge in [-0.25, -0.2) is 10.9 Å². The van der Waals surface area contributed by atoms with Crippen LogP contribution in [0.2, 0.25) is 0 Å². The molecule has 13 heteroatoms. The fourth-order valence-corrected chi connectivity index (χ4v) is 1.91. The Morgan fingerprint density at radius 2 is 1.29 bits per heavy atom. The molecule has 0 aliphatic carbocycles. The molecule has 2 saturated heterocycles. The van der Waals surface area contributed by atoms with Crippen molar-refractivity contribution in [1.29, 1.82) is 0 Å². The van der Waals surface area contributed by atoms with Crippen LogP contribution in [0.1, 0.15) is 12.8 Å². The second-order valence-corrected chi connectivity index (χ2v) is 6.18. The van der Waals surface area contributed by atoms with Crippen molar-refractivity contribution in [3.63, 3.8) is 0 Å². The predicted octanol–water partition coefficient (Wildman–Crippen LogP) is -1.17. The van der Waals surface area contributed by atoms with E-state index in [1.807, 2.05) is 10.2 Å². The molecule has 8 nitrogen and oxygen atoms in total. The normalized spacial score (nSPS) is 17.5. The van der Waals surface area contributed by atoms with Gasteiger partial charge in [-0.1, -0.05) is 0 Å². The Morgan fingerprint density at radius 3 is 1.48 bits per heavy atom. The van der Waals surface area contributed by atoms with E-state index in [1.54, 1.807) is 0 Å². The molecule has 2 rings (SSSR count). The number of nitrogens with zero attached hydrogens (tertiary/aromatic N) is 2. The second kappa shape index (κ2) is 14.0. The molecule has 0 atom stereocenters. The zero-order valence-electron chi connectivity index (χ0n) is 11.0. The third kappa shape index (κ3) is 13.7. The molecule has 0 bridgehead atoms. The van der Waals surface area contributed by atoms with E-state index in [-0.39, 0.29) is 0 Å². The molecule has 21 heavy (non-hydrogen) atoms. The summed E-state index contributed by atoms with van der Waals surface area (Å²) in [7, 11) is 0. The number of hydrogen-bond donors (Lipinski definition) is 4. The van der Waals surface area contributed by atoms with Gasteiger partial charge < -0.3 is 60.5 Å². The molecule has 120 valence electrons. The fourth-order valence-electron chi connectivity index (χ4n) is 1.47. The minimum absolute atomic E-state index is 0.393. The summed E-state index contributed by atoms with van der Waals surface area (Å²) in [5.41, 5.74) is 11.7. The average Bonchev–Trinajstić information content (AvgIpc) is 3.03. The molecule has 4 N–H and O–H groups in total. The van der Waals surface area contributed by atoms with Crippen LogP contribution in [0.25, 0.3) is 0 Å². The van der Waals surface area contributed by atoms with Gasteiger partial charge in [0, 0.05) is 26.2 Å². The number of rotatable bonds is 2. The van der Waals surface area contributed by atoms with Crippen molar-refractivity contribution in [2.75, 3.05) is 26.2 Å². The van der Waals surface area contributed by atoms with Crippen LogP contribution in [-0.4, -0.2) is 45.1 Å². The summed E-state index contributed by atoms with van der Waals surface area (Å²) in [6, 6.07) is 0. The zero-order valence-corrected chi connectivity index (χ0v) is 16.3. The Morgan fingerprint density at radius 1 is 0.952 bits per heavy atom. The van der Waals surface area contributed by atoms with Gasteiger partial charge in [0.1, 0.15) is 0 Å². The zero-order chi connectivity index (χ0) is 16.1. The van der Waals surface area contributed by atoms with Gasteiger partial charge in [-0.2, -0.15) is 10.2 Å². The Kier molecular flexibility index (Phi) is 14.2. The molecule has 0 aromatic heterocycles. The fraction of sp³-hybridized carbons (Fsp3) is 0.750. The number of nitrogens with one attached hydrogen (secondary N) is 4. The SMILES string of the molecule is S=C([S-])NN1CCCN1.S=C([S-])NN1CCCN1.[O]=[Mo+2]=[O]. The Balaban J connectivity index is 0.000000322. The first-order chi connectivity index (χ1) is 9.99. The number of hydrazine groups is 4. The Hall–Kier alpha value is 0.348. The van der Waals surface area contributed by atoms with Gasteiger partial charge in [0.25, 0.3) is 0 Å². The first-order valence-corrected chi connectivity index (χ1v) is 9.16. The Labute approximate surface area is 154 Å². The number of hydrogen-bond acceptors (Lipinski definition) is 10. The summed E-state index contributed by atoms with van der Waals surface area (Å²) < 4.78 is 17.8. The summed E-state index contributed by atoms with van der Waals surface area (Å²) in [4.78, 5) is 0. The van der Waals surface area contributed by atoms with E-state index in [2.05, 4.69) is 71.4 Å². The van der Waals surface area contributed by atoms with Crippen LogP contribution in [0.4, 0.5) is 0 Å². The molecule has 0 saturated carbocycles.